The first-order valence-corrected chi connectivity index (χ1v) is 12.5. The molecule has 7 nitrogen and oxygen atoms in total. The summed E-state index contributed by atoms with van der Waals surface area (Å²) in [7, 11) is 0. The molecule has 2 heterocycles. The lowest BCUT2D eigenvalue weighted by Crippen LogP contribution is -2.51. The van der Waals surface area contributed by atoms with E-state index in [0.29, 0.717) is 50.6 Å². The predicted octanol–water partition coefficient (Wildman–Crippen LogP) is 3.24. The third-order valence-electron chi connectivity index (χ3n) is 7.29. The number of carbonyl (C=O) groups is 1. The van der Waals surface area contributed by atoms with Gasteiger partial charge in [-0.05, 0) is 55.3 Å². The highest BCUT2D eigenvalue weighted by Gasteiger charge is 2.35. The number of hydrogen-bond donors (Lipinski definition) is 2. The Bertz CT molecular complexity index is 1060. The van der Waals surface area contributed by atoms with Crippen LogP contribution in [0.3, 0.4) is 0 Å². The molecular formula is C25H31ClFN5O2. The van der Waals surface area contributed by atoms with Crippen molar-refractivity contribution >= 4 is 23.3 Å². The fourth-order valence-electron chi connectivity index (χ4n) is 5.14. The lowest BCUT2D eigenvalue weighted by atomic mass is 9.96. The number of amides is 1. The number of piperazine rings is 1. The van der Waals surface area contributed by atoms with Crippen molar-refractivity contribution in [2.45, 2.75) is 44.1 Å². The predicted molar refractivity (Wildman–Crippen MR) is 129 cm³/mol. The van der Waals surface area contributed by atoms with Gasteiger partial charge in [0.25, 0.3) is 0 Å². The van der Waals surface area contributed by atoms with Gasteiger partial charge < -0.3 is 20.2 Å². The second-order valence-electron chi connectivity index (χ2n) is 9.79. The molecule has 2 fully saturated rings. The van der Waals surface area contributed by atoms with Crippen LogP contribution in [0.4, 0.5) is 10.2 Å². The smallest absolute Gasteiger partial charge is 0.231 e. The lowest BCUT2D eigenvalue weighted by molar-refractivity contribution is -0.133. The van der Waals surface area contributed by atoms with Crippen molar-refractivity contribution < 1.29 is 14.3 Å². The summed E-state index contributed by atoms with van der Waals surface area (Å²) in [4.78, 5) is 26.4. The molecule has 2 N–H and O–H groups in total. The fourth-order valence-corrected chi connectivity index (χ4v) is 5.26. The van der Waals surface area contributed by atoms with Crippen LogP contribution < -0.4 is 10.2 Å². The van der Waals surface area contributed by atoms with Crippen LogP contribution in [0.5, 0.6) is 0 Å². The van der Waals surface area contributed by atoms with E-state index >= 15 is 0 Å². The minimum absolute atomic E-state index is 0.00127. The third-order valence-corrected chi connectivity index (χ3v) is 7.60. The van der Waals surface area contributed by atoms with E-state index in [1.807, 2.05) is 4.90 Å². The summed E-state index contributed by atoms with van der Waals surface area (Å²) in [5.41, 5.74) is 2.39. The van der Waals surface area contributed by atoms with E-state index in [0.717, 1.165) is 23.6 Å². The van der Waals surface area contributed by atoms with Crippen molar-refractivity contribution in [3.05, 3.63) is 52.2 Å². The molecule has 3 atom stereocenters. The number of aliphatic hydroxyl groups is 1. The number of rotatable bonds is 7. The Labute approximate surface area is 204 Å². The van der Waals surface area contributed by atoms with E-state index < -0.39 is 17.8 Å². The number of aromatic nitrogens is 2. The van der Waals surface area contributed by atoms with E-state index in [2.05, 4.69) is 27.1 Å². The first kappa shape index (κ1) is 23.5. The zero-order valence-corrected chi connectivity index (χ0v) is 20.1. The molecule has 5 rings (SSSR count). The Morgan fingerprint density at radius 2 is 2.03 bits per heavy atom. The van der Waals surface area contributed by atoms with Crippen LogP contribution in [-0.2, 0) is 4.79 Å². The van der Waals surface area contributed by atoms with Crippen LogP contribution in [0.15, 0.2) is 24.5 Å². The molecule has 1 aliphatic heterocycles. The quantitative estimate of drug-likeness (QED) is 0.624. The summed E-state index contributed by atoms with van der Waals surface area (Å²) >= 11 is 5.88. The second-order valence-corrected chi connectivity index (χ2v) is 10.2. The Hall–Kier alpha value is -2.29. The van der Waals surface area contributed by atoms with Gasteiger partial charge in [-0.2, -0.15) is 0 Å². The summed E-state index contributed by atoms with van der Waals surface area (Å²) in [6.07, 6.45) is 4.09. The molecule has 1 saturated carbocycles. The summed E-state index contributed by atoms with van der Waals surface area (Å²) < 4.78 is 14.2. The van der Waals surface area contributed by atoms with Crippen LogP contribution in [0.1, 0.15) is 60.9 Å². The molecule has 34 heavy (non-hydrogen) atoms. The van der Waals surface area contributed by atoms with Gasteiger partial charge in [-0.15, -0.1) is 0 Å². The summed E-state index contributed by atoms with van der Waals surface area (Å²) in [5, 5.41) is 13.8. The van der Waals surface area contributed by atoms with Gasteiger partial charge in [-0.25, -0.2) is 14.4 Å². The van der Waals surface area contributed by atoms with E-state index in [1.165, 1.54) is 31.3 Å². The highest BCUT2D eigenvalue weighted by Crippen LogP contribution is 2.42. The van der Waals surface area contributed by atoms with Crippen molar-refractivity contribution in [2.75, 3.05) is 44.2 Å². The summed E-state index contributed by atoms with van der Waals surface area (Å²) in [5.74, 6) is 0.790. The third kappa shape index (κ3) is 4.76. The van der Waals surface area contributed by atoms with E-state index in [4.69, 9.17) is 11.6 Å². The largest absolute Gasteiger partial charge is 0.387 e. The van der Waals surface area contributed by atoms with Gasteiger partial charge >= 0.3 is 0 Å². The Kier molecular flexibility index (Phi) is 6.73. The Balaban J connectivity index is 1.28. The average molecular weight is 488 g/mol. The van der Waals surface area contributed by atoms with Crippen molar-refractivity contribution in [2.24, 2.45) is 5.92 Å². The standard InChI is InChI=1S/C25H31ClFN5O2/c1-15-10-21(33)23-22(15)24(30-14-29-23)31-6-8-32(9-7-31)25(34)18(13-28-12-16-2-3-16)17-4-5-19(26)20(27)11-17/h4-5,11,14-16,18,21,28,33H,2-3,6-10,12-13H2,1H3/t15-,18?,21-/m1/s1. The van der Waals surface area contributed by atoms with Crippen LogP contribution in [0.2, 0.25) is 5.02 Å². The monoisotopic (exact) mass is 487 g/mol. The zero-order chi connectivity index (χ0) is 23.8. The molecule has 0 bridgehead atoms. The van der Waals surface area contributed by atoms with Crippen LogP contribution in [-0.4, -0.2) is 65.2 Å². The van der Waals surface area contributed by atoms with E-state index in [9.17, 15) is 14.3 Å². The first-order chi connectivity index (χ1) is 16.4. The minimum Gasteiger partial charge on any atom is -0.387 e. The van der Waals surface area contributed by atoms with Crippen molar-refractivity contribution in [1.29, 1.82) is 0 Å². The molecule has 0 spiro atoms. The number of carbonyl (C=O) groups excluding carboxylic acids is 1. The molecule has 9 heteroatoms. The molecule has 1 unspecified atom stereocenters. The maximum Gasteiger partial charge on any atom is 0.231 e. The molecule has 1 amide bonds. The number of fused-ring (bicyclic) bond motifs is 1. The van der Waals surface area contributed by atoms with Gasteiger partial charge in [0.15, 0.2) is 0 Å². The highest BCUT2D eigenvalue weighted by atomic mass is 35.5. The Morgan fingerprint density at radius 1 is 1.26 bits per heavy atom. The topological polar surface area (TPSA) is 81.6 Å². The van der Waals surface area contributed by atoms with Crippen molar-refractivity contribution in [1.82, 2.24) is 20.2 Å². The van der Waals surface area contributed by atoms with Crippen LogP contribution in [0.25, 0.3) is 0 Å². The van der Waals surface area contributed by atoms with Gasteiger partial charge in [-0.3, -0.25) is 4.79 Å². The number of anilines is 1. The van der Waals surface area contributed by atoms with Crippen LogP contribution >= 0.6 is 11.6 Å². The molecule has 1 aromatic heterocycles. The Morgan fingerprint density at radius 3 is 2.74 bits per heavy atom. The number of halogens is 2. The molecular weight excluding hydrogens is 457 g/mol. The number of aliphatic hydroxyl groups excluding tert-OH is 1. The average Bonchev–Trinajstić information content (AvgIpc) is 3.62. The normalized spacial score (nSPS) is 23.2. The highest BCUT2D eigenvalue weighted by molar-refractivity contribution is 6.30. The number of hydrogen-bond acceptors (Lipinski definition) is 6. The minimum atomic E-state index is -0.543. The lowest BCUT2D eigenvalue weighted by Gasteiger charge is -2.38. The van der Waals surface area contributed by atoms with E-state index in [-0.39, 0.29) is 16.8 Å². The van der Waals surface area contributed by atoms with Gasteiger partial charge in [0.05, 0.1) is 22.7 Å². The number of nitrogens with zero attached hydrogens (tertiary/aromatic N) is 4. The number of nitrogens with one attached hydrogen (secondary N) is 1. The van der Waals surface area contributed by atoms with Crippen molar-refractivity contribution in [3.8, 4) is 0 Å². The number of benzene rings is 1. The molecule has 2 aliphatic carbocycles. The second kappa shape index (κ2) is 9.76. The molecule has 3 aliphatic rings. The van der Waals surface area contributed by atoms with Crippen molar-refractivity contribution in [3.63, 3.8) is 0 Å². The maximum atomic E-state index is 14.2. The molecule has 1 aromatic carbocycles. The first-order valence-electron chi connectivity index (χ1n) is 12.1. The van der Waals surface area contributed by atoms with Crippen LogP contribution in [0, 0.1) is 11.7 Å². The van der Waals surface area contributed by atoms with E-state index in [1.54, 1.807) is 6.07 Å². The molecule has 1 saturated heterocycles. The zero-order valence-electron chi connectivity index (χ0n) is 19.4. The summed E-state index contributed by atoms with van der Waals surface area (Å²) in [6.45, 7) is 5.87. The summed E-state index contributed by atoms with van der Waals surface area (Å²) in [6, 6.07) is 4.66. The van der Waals surface area contributed by atoms with Gasteiger partial charge in [0, 0.05) is 38.3 Å². The maximum absolute atomic E-state index is 14.2. The molecule has 2 aromatic rings. The SMILES string of the molecule is C[C@@H]1C[C@@H](O)c2ncnc(N3CCN(C(=O)C(CNCC4CC4)c4ccc(Cl)c(F)c4)CC3)c21. The fraction of sp³-hybridized carbons (Fsp3) is 0.560. The van der Waals surface area contributed by atoms with Gasteiger partial charge in [0.1, 0.15) is 18.0 Å². The molecule has 0 radical (unpaired) electrons. The van der Waals surface area contributed by atoms with Gasteiger partial charge in [0.2, 0.25) is 5.91 Å². The molecule has 182 valence electrons. The van der Waals surface area contributed by atoms with Gasteiger partial charge in [-0.1, -0.05) is 24.6 Å².